The van der Waals surface area contributed by atoms with E-state index in [1.807, 2.05) is 6.92 Å². The zero-order valence-electron chi connectivity index (χ0n) is 10.8. The first-order valence-electron chi connectivity index (χ1n) is 6.28. The van der Waals surface area contributed by atoms with Crippen LogP contribution in [0.1, 0.15) is 51.4 Å². The summed E-state index contributed by atoms with van der Waals surface area (Å²) in [6.07, 6.45) is 2.00. The Morgan fingerprint density at radius 2 is 2.18 bits per heavy atom. The van der Waals surface area contributed by atoms with Crippen molar-refractivity contribution in [3.63, 3.8) is 0 Å². The average Bonchev–Trinajstić information content (AvgIpc) is 2.97. The minimum absolute atomic E-state index is 0.0427. The van der Waals surface area contributed by atoms with Crippen LogP contribution in [0.2, 0.25) is 0 Å². The lowest BCUT2D eigenvalue weighted by atomic mass is 10.1. The third-order valence-corrected chi connectivity index (χ3v) is 3.35. The van der Waals surface area contributed by atoms with Crippen molar-refractivity contribution in [3.8, 4) is 0 Å². The van der Waals surface area contributed by atoms with Gasteiger partial charge in [0, 0.05) is 13.2 Å². The Morgan fingerprint density at radius 1 is 1.47 bits per heavy atom. The largest absolute Gasteiger partial charge is 0.370 e. The summed E-state index contributed by atoms with van der Waals surface area (Å²) in [7, 11) is 0. The van der Waals surface area contributed by atoms with Gasteiger partial charge in [-0.25, -0.2) is 0 Å². The predicted octanol–water partition coefficient (Wildman–Crippen LogP) is 1.79. The fraction of sp³-hybridized carbons (Fsp3) is 0.833. The summed E-state index contributed by atoms with van der Waals surface area (Å²) in [5.74, 6) is 1.66. The zero-order chi connectivity index (χ0) is 12.5. The Balaban J connectivity index is 2.16. The summed E-state index contributed by atoms with van der Waals surface area (Å²) in [5, 5.41) is 4.04. The average molecular weight is 239 g/mol. The Labute approximate surface area is 102 Å². The molecule has 1 aliphatic rings. The molecule has 96 valence electrons. The van der Waals surface area contributed by atoms with Crippen molar-refractivity contribution in [1.82, 2.24) is 10.1 Å². The molecule has 5 nitrogen and oxygen atoms in total. The number of rotatable bonds is 6. The van der Waals surface area contributed by atoms with E-state index in [2.05, 4.69) is 24.0 Å². The lowest BCUT2D eigenvalue weighted by Crippen LogP contribution is -2.20. The van der Waals surface area contributed by atoms with E-state index in [9.17, 15) is 0 Å². The fourth-order valence-electron chi connectivity index (χ4n) is 1.97. The van der Waals surface area contributed by atoms with E-state index in [0.29, 0.717) is 30.8 Å². The number of nitrogens with zero attached hydrogens (tertiary/aromatic N) is 2. The summed E-state index contributed by atoms with van der Waals surface area (Å²) in [6, 6.07) is 0. The molecule has 2 N–H and O–H groups in total. The van der Waals surface area contributed by atoms with Gasteiger partial charge in [-0.2, -0.15) is 4.98 Å². The van der Waals surface area contributed by atoms with Gasteiger partial charge in [0.25, 0.3) is 0 Å². The number of hydrogen-bond acceptors (Lipinski definition) is 5. The first kappa shape index (κ1) is 12.5. The standard InChI is InChI=1S/C12H21N3O2/c1-4-16-9(8(2)3)10-14-11(17-15-10)12(7-13)5-6-12/h8-9H,4-7,13H2,1-3H3. The van der Waals surface area contributed by atoms with E-state index in [-0.39, 0.29) is 11.5 Å². The maximum Gasteiger partial charge on any atom is 0.234 e. The minimum Gasteiger partial charge on any atom is -0.370 e. The number of ether oxygens (including phenoxy) is 1. The van der Waals surface area contributed by atoms with Gasteiger partial charge in [-0.15, -0.1) is 0 Å². The van der Waals surface area contributed by atoms with Crippen molar-refractivity contribution in [2.45, 2.75) is 45.1 Å². The normalized spacial score (nSPS) is 19.6. The summed E-state index contributed by atoms with van der Waals surface area (Å²) >= 11 is 0. The highest BCUT2D eigenvalue weighted by atomic mass is 16.5. The number of hydrogen-bond donors (Lipinski definition) is 1. The molecule has 1 aliphatic carbocycles. The predicted molar refractivity (Wildman–Crippen MR) is 63.5 cm³/mol. The van der Waals surface area contributed by atoms with Crippen molar-refractivity contribution in [1.29, 1.82) is 0 Å². The van der Waals surface area contributed by atoms with Crippen LogP contribution in [0, 0.1) is 5.92 Å². The molecule has 0 aromatic carbocycles. The monoisotopic (exact) mass is 239 g/mol. The molecular formula is C12H21N3O2. The van der Waals surface area contributed by atoms with Crippen LogP contribution in [-0.2, 0) is 10.2 Å². The number of aromatic nitrogens is 2. The molecule has 0 radical (unpaired) electrons. The lowest BCUT2D eigenvalue weighted by molar-refractivity contribution is 0.0217. The van der Waals surface area contributed by atoms with Gasteiger partial charge in [-0.05, 0) is 25.7 Å². The van der Waals surface area contributed by atoms with Crippen molar-refractivity contribution >= 4 is 0 Å². The third kappa shape index (κ3) is 2.35. The molecule has 0 amide bonds. The van der Waals surface area contributed by atoms with Crippen LogP contribution in [0.5, 0.6) is 0 Å². The lowest BCUT2D eigenvalue weighted by Gasteiger charge is -2.16. The van der Waals surface area contributed by atoms with E-state index in [1.54, 1.807) is 0 Å². The molecule has 5 heteroatoms. The first-order valence-corrected chi connectivity index (χ1v) is 6.28. The van der Waals surface area contributed by atoms with Crippen LogP contribution in [0.3, 0.4) is 0 Å². The molecule has 1 aromatic rings. The summed E-state index contributed by atoms with van der Waals surface area (Å²) in [6.45, 7) is 7.38. The van der Waals surface area contributed by atoms with Crippen LogP contribution >= 0.6 is 0 Å². The van der Waals surface area contributed by atoms with Crippen molar-refractivity contribution in [3.05, 3.63) is 11.7 Å². The molecular weight excluding hydrogens is 218 g/mol. The van der Waals surface area contributed by atoms with Crippen molar-refractivity contribution in [2.75, 3.05) is 13.2 Å². The molecule has 1 aromatic heterocycles. The van der Waals surface area contributed by atoms with E-state index in [1.165, 1.54) is 0 Å². The van der Waals surface area contributed by atoms with Crippen LogP contribution < -0.4 is 5.73 Å². The van der Waals surface area contributed by atoms with Crippen LogP contribution in [-0.4, -0.2) is 23.3 Å². The zero-order valence-corrected chi connectivity index (χ0v) is 10.8. The quantitative estimate of drug-likeness (QED) is 0.819. The molecule has 1 saturated carbocycles. The third-order valence-electron chi connectivity index (χ3n) is 3.35. The van der Waals surface area contributed by atoms with Gasteiger partial charge in [-0.3, -0.25) is 0 Å². The van der Waals surface area contributed by atoms with Crippen molar-refractivity contribution < 1.29 is 9.26 Å². The summed E-state index contributed by atoms with van der Waals surface area (Å²) in [5.41, 5.74) is 5.70. The van der Waals surface area contributed by atoms with Crippen LogP contribution in [0.25, 0.3) is 0 Å². The number of nitrogens with two attached hydrogens (primary N) is 1. The van der Waals surface area contributed by atoms with E-state index < -0.39 is 0 Å². The van der Waals surface area contributed by atoms with Gasteiger partial charge in [-0.1, -0.05) is 19.0 Å². The van der Waals surface area contributed by atoms with Crippen LogP contribution in [0.15, 0.2) is 4.52 Å². The minimum atomic E-state index is -0.0916. The second-order valence-corrected chi connectivity index (χ2v) is 5.06. The van der Waals surface area contributed by atoms with Gasteiger partial charge in [0.15, 0.2) is 0 Å². The second-order valence-electron chi connectivity index (χ2n) is 5.06. The topological polar surface area (TPSA) is 74.2 Å². The van der Waals surface area contributed by atoms with E-state index in [4.69, 9.17) is 15.0 Å². The molecule has 0 spiro atoms. The Kier molecular flexibility index (Phi) is 3.49. The summed E-state index contributed by atoms with van der Waals surface area (Å²) in [4.78, 5) is 4.47. The molecule has 0 bridgehead atoms. The van der Waals surface area contributed by atoms with Gasteiger partial charge in [0.2, 0.25) is 11.7 Å². The van der Waals surface area contributed by atoms with Crippen LogP contribution in [0.4, 0.5) is 0 Å². The van der Waals surface area contributed by atoms with E-state index >= 15 is 0 Å². The maximum absolute atomic E-state index is 5.75. The molecule has 0 aliphatic heterocycles. The Hall–Kier alpha value is -0.940. The van der Waals surface area contributed by atoms with Gasteiger partial charge in [0.05, 0.1) is 5.41 Å². The highest BCUT2D eigenvalue weighted by Gasteiger charge is 2.48. The maximum atomic E-state index is 5.75. The highest BCUT2D eigenvalue weighted by molar-refractivity contribution is 5.16. The van der Waals surface area contributed by atoms with Crippen molar-refractivity contribution in [2.24, 2.45) is 11.7 Å². The summed E-state index contributed by atoms with van der Waals surface area (Å²) < 4.78 is 11.0. The molecule has 2 rings (SSSR count). The Morgan fingerprint density at radius 3 is 2.65 bits per heavy atom. The molecule has 17 heavy (non-hydrogen) atoms. The molecule has 1 heterocycles. The molecule has 0 saturated heterocycles. The first-order chi connectivity index (χ1) is 8.13. The smallest absolute Gasteiger partial charge is 0.234 e. The molecule has 1 atom stereocenters. The van der Waals surface area contributed by atoms with Gasteiger partial charge < -0.3 is 15.0 Å². The van der Waals surface area contributed by atoms with E-state index in [0.717, 1.165) is 12.8 Å². The van der Waals surface area contributed by atoms with Gasteiger partial charge in [0.1, 0.15) is 6.10 Å². The highest BCUT2D eigenvalue weighted by Crippen LogP contribution is 2.46. The molecule has 1 unspecified atom stereocenters. The second kappa shape index (κ2) is 4.74. The Bertz CT molecular complexity index is 372. The fourth-order valence-corrected chi connectivity index (χ4v) is 1.97. The molecule has 1 fully saturated rings. The van der Waals surface area contributed by atoms with Gasteiger partial charge >= 0.3 is 0 Å². The SMILES string of the molecule is CCOC(c1noc(C2(CN)CC2)n1)C(C)C.